The summed E-state index contributed by atoms with van der Waals surface area (Å²) in [5.74, 6) is 0.907. The Morgan fingerprint density at radius 2 is 1.20 bits per heavy atom. The Morgan fingerprint density at radius 1 is 0.760 bits per heavy atom. The van der Waals surface area contributed by atoms with E-state index in [0.29, 0.717) is 5.75 Å². The number of rotatable bonds is 4. The maximum Gasteiger partial charge on any atom is 0.349 e. The summed E-state index contributed by atoms with van der Waals surface area (Å²) < 4.78 is 11.3. The van der Waals surface area contributed by atoms with E-state index < -0.39 is 5.97 Å². The molecule has 0 aromatic heterocycles. The Labute approximate surface area is 151 Å². The molecule has 3 nitrogen and oxygen atoms in total. The van der Waals surface area contributed by atoms with Crippen LogP contribution in [0, 0.1) is 0 Å². The zero-order valence-electron chi connectivity index (χ0n) is 16.1. The van der Waals surface area contributed by atoms with E-state index in [1.165, 1.54) is 0 Å². The van der Waals surface area contributed by atoms with Gasteiger partial charge in [0.1, 0.15) is 11.5 Å². The number of hydrogen-bond donors (Lipinski definition) is 0. The van der Waals surface area contributed by atoms with Crippen molar-refractivity contribution in [2.24, 2.45) is 0 Å². The van der Waals surface area contributed by atoms with Gasteiger partial charge in [0.05, 0.1) is 0 Å². The molecule has 0 saturated carbocycles. The summed E-state index contributed by atoms with van der Waals surface area (Å²) >= 11 is 0. The minimum absolute atomic E-state index is 0.0562. The van der Waals surface area contributed by atoms with Crippen molar-refractivity contribution in [3.8, 4) is 11.5 Å². The van der Waals surface area contributed by atoms with Crippen LogP contribution in [0.2, 0.25) is 0 Å². The highest BCUT2D eigenvalue weighted by atomic mass is 16.6. The van der Waals surface area contributed by atoms with E-state index in [1.54, 1.807) is 0 Å². The molecule has 3 heteroatoms. The fraction of sp³-hybridized carbons (Fsp3) is 0.409. The first kappa shape index (κ1) is 19.0. The number of ether oxygens (including phenoxy) is 2. The molecule has 0 aliphatic rings. The molecule has 0 saturated heterocycles. The van der Waals surface area contributed by atoms with Gasteiger partial charge in [0.15, 0.2) is 6.61 Å². The van der Waals surface area contributed by atoms with Crippen molar-refractivity contribution in [1.29, 1.82) is 0 Å². The van der Waals surface area contributed by atoms with Gasteiger partial charge < -0.3 is 9.47 Å². The van der Waals surface area contributed by atoms with Crippen molar-refractivity contribution in [1.82, 2.24) is 0 Å². The second-order valence-corrected chi connectivity index (χ2v) is 8.26. The lowest BCUT2D eigenvalue weighted by molar-refractivity contribution is -0.136. The average molecular weight is 340 g/mol. The van der Waals surface area contributed by atoms with Crippen LogP contribution >= 0.6 is 0 Å². The molecule has 2 rings (SSSR count). The Kier molecular flexibility index (Phi) is 5.56. The number of carbonyl (C=O) groups excluding carboxylic acids is 1. The van der Waals surface area contributed by atoms with E-state index in [0.717, 1.165) is 16.9 Å². The second kappa shape index (κ2) is 7.30. The van der Waals surface area contributed by atoms with Crippen molar-refractivity contribution < 1.29 is 14.3 Å². The molecule has 25 heavy (non-hydrogen) atoms. The van der Waals surface area contributed by atoms with Crippen molar-refractivity contribution >= 4 is 5.97 Å². The molecule has 2 aromatic carbocycles. The SMILES string of the molecule is CC(C)(C)c1ccccc1OCC(=O)Oc1ccccc1C(C)(C)C. The first-order chi connectivity index (χ1) is 11.6. The lowest BCUT2D eigenvalue weighted by atomic mass is 9.86. The van der Waals surface area contributed by atoms with Crippen LogP contribution in [0.4, 0.5) is 0 Å². The van der Waals surface area contributed by atoms with E-state index in [1.807, 2.05) is 48.5 Å². The normalized spacial score (nSPS) is 11.9. The number of hydrogen-bond acceptors (Lipinski definition) is 3. The van der Waals surface area contributed by atoms with Gasteiger partial charge >= 0.3 is 5.97 Å². The fourth-order valence-electron chi connectivity index (χ4n) is 2.68. The number of carbonyl (C=O) groups is 1. The molecule has 0 unspecified atom stereocenters. The van der Waals surface area contributed by atoms with Gasteiger partial charge in [-0.2, -0.15) is 0 Å². The third-order valence-electron chi connectivity index (χ3n) is 3.96. The van der Waals surface area contributed by atoms with E-state index in [-0.39, 0.29) is 17.4 Å². The van der Waals surface area contributed by atoms with Crippen molar-refractivity contribution in [3.63, 3.8) is 0 Å². The van der Waals surface area contributed by atoms with Gasteiger partial charge in [-0.25, -0.2) is 4.79 Å². The minimum Gasteiger partial charge on any atom is -0.482 e. The van der Waals surface area contributed by atoms with Crippen LogP contribution in [-0.2, 0) is 15.6 Å². The van der Waals surface area contributed by atoms with Crippen molar-refractivity contribution in [2.45, 2.75) is 52.4 Å². The summed E-state index contributed by atoms with van der Waals surface area (Å²) in [5, 5.41) is 0. The Morgan fingerprint density at radius 3 is 1.72 bits per heavy atom. The maximum absolute atomic E-state index is 12.3. The molecule has 0 N–H and O–H groups in total. The molecule has 0 bridgehead atoms. The molecule has 0 heterocycles. The van der Waals surface area contributed by atoms with Gasteiger partial charge in [-0.05, 0) is 28.5 Å². The van der Waals surface area contributed by atoms with Crippen LogP contribution in [0.15, 0.2) is 48.5 Å². The molecule has 0 amide bonds. The van der Waals surface area contributed by atoms with Crippen LogP contribution in [0.1, 0.15) is 52.7 Å². The first-order valence-corrected chi connectivity index (χ1v) is 8.61. The Hall–Kier alpha value is -2.29. The third kappa shape index (κ3) is 5.09. The minimum atomic E-state index is -0.402. The van der Waals surface area contributed by atoms with Gasteiger partial charge in [-0.15, -0.1) is 0 Å². The van der Waals surface area contributed by atoms with E-state index in [9.17, 15) is 4.79 Å². The third-order valence-corrected chi connectivity index (χ3v) is 3.96. The van der Waals surface area contributed by atoms with Crippen LogP contribution in [0.5, 0.6) is 11.5 Å². The summed E-state index contributed by atoms with van der Waals surface area (Å²) in [6.45, 7) is 12.5. The zero-order valence-corrected chi connectivity index (χ0v) is 16.1. The molecule has 0 aliphatic heterocycles. The molecule has 0 spiro atoms. The van der Waals surface area contributed by atoms with E-state index in [2.05, 4.69) is 41.5 Å². The molecule has 0 radical (unpaired) electrons. The lowest BCUT2D eigenvalue weighted by Crippen LogP contribution is -2.22. The highest BCUT2D eigenvalue weighted by Gasteiger charge is 2.21. The summed E-state index contributed by atoms with van der Waals surface area (Å²) in [5.41, 5.74) is 1.91. The predicted octanol–water partition coefficient (Wildman–Crippen LogP) is 5.27. The monoisotopic (exact) mass is 340 g/mol. The molecule has 0 fully saturated rings. The quantitative estimate of drug-likeness (QED) is 0.562. The molecule has 2 aromatic rings. The zero-order chi connectivity index (χ0) is 18.7. The van der Waals surface area contributed by atoms with Crippen LogP contribution < -0.4 is 9.47 Å². The van der Waals surface area contributed by atoms with Gasteiger partial charge in [0, 0.05) is 5.56 Å². The van der Waals surface area contributed by atoms with Crippen LogP contribution in [0.3, 0.4) is 0 Å². The van der Waals surface area contributed by atoms with Gasteiger partial charge in [-0.1, -0.05) is 77.9 Å². The molecule has 0 aliphatic carbocycles. The summed E-state index contributed by atoms with van der Waals surface area (Å²) in [6, 6.07) is 15.4. The summed E-state index contributed by atoms with van der Waals surface area (Å²) in [7, 11) is 0. The predicted molar refractivity (Wildman–Crippen MR) is 101 cm³/mol. The van der Waals surface area contributed by atoms with Crippen LogP contribution in [-0.4, -0.2) is 12.6 Å². The fourth-order valence-corrected chi connectivity index (χ4v) is 2.68. The highest BCUT2D eigenvalue weighted by molar-refractivity contribution is 5.74. The van der Waals surface area contributed by atoms with Gasteiger partial charge in [0.2, 0.25) is 0 Å². The van der Waals surface area contributed by atoms with Crippen LogP contribution in [0.25, 0.3) is 0 Å². The maximum atomic E-state index is 12.3. The highest BCUT2D eigenvalue weighted by Crippen LogP contribution is 2.32. The van der Waals surface area contributed by atoms with Crippen molar-refractivity contribution in [2.75, 3.05) is 6.61 Å². The van der Waals surface area contributed by atoms with Gasteiger partial charge in [-0.3, -0.25) is 0 Å². The Bertz CT molecular complexity index is 733. The number of para-hydroxylation sites is 2. The van der Waals surface area contributed by atoms with Crippen molar-refractivity contribution in [3.05, 3.63) is 59.7 Å². The van der Waals surface area contributed by atoms with E-state index >= 15 is 0 Å². The topological polar surface area (TPSA) is 35.5 Å². The molecule has 134 valence electrons. The number of esters is 1. The number of benzene rings is 2. The largest absolute Gasteiger partial charge is 0.482 e. The smallest absolute Gasteiger partial charge is 0.349 e. The molecule has 0 atom stereocenters. The second-order valence-electron chi connectivity index (χ2n) is 8.26. The lowest BCUT2D eigenvalue weighted by Gasteiger charge is -2.23. The summed E-state index contributed by atoms with van der Waals surface area (Å²) in [6.07, 6.45) is 0. The standard InChI is InChI=1S/C22H28O3/c1-21(2,3)16-11-7-9-13-18(16)24-15-20(23)25-19-14-10-8-12-17(19)22(4,5)6/h7-14H,15H2,1-6H3. The molecular weight excluding hydrogens is 312 g/mol. The summed E-state index contributed by atoms with van der Waals surface area (Å²) in [4.78, 5) is 12.3. The van der Waals surface area contributed by atoms with Gasteiger partial charge in [0.25, 0.3) is 0 Å². The Balaban J connectivity index is 2.09. The molecular formula is C22H28O3. The first-order valence-electron chi connectivity index (χ1n) is 8.61. The van der Waals surface area contributed by atoms with E-state index in [4.69, 9.17) is 9.47 Å². The average Bonchev–Trinajstić information content (AvgIpc) is 2.52.